The molecule has 0 aromatic carbocycles. The van der Waals surface area contributed by atoms with Crippen LogP contribution >= 0.6 is 0 Å². The molecule has 0 radical (unpaired) electrons. The average molecular weight is 143 g/mol. The molecule has 5 heteroatoms. The number of carboxylic acid groups (broad SMARTS) is 1. The lowest BCUT2D eigenvalue weighted by molar-refractivity contribution is -0.139. The summed E-state index contributed by atoms with van der Waals surface area (Å²) in [6.45, 7) is 1.70. The molecule has 0 aliphatic heterocycles. The molecular formula is C5H10BNO3. The van der Waals surface area contributed by atoms with E-state index in [0.717, 1.165) is 0 Å². The first kappa shape index (κ1) is 9.00. The topological polar surface area (TPSA) is 66.4 Å². The number of hydrogen-bond donors (Lipinski definition) is 2. The maximum Gasteiger partial charge on any atom is 0.326 e. The van der Waals surface area contributed by atoms with Crippen LogP contribution in [-0.2, 0) is 4.79 Å². The minimum absolute atomic E-state index is 0.311. The number of rotatable bonds is 3. The molecule has 1 atom stereocenters. The van der Waals surface area contributed by atoms with Crippen LogP contribution in [0.5, 0.6) is 0 Å². The van der Waals surface area contributed by atoms with Crippen molar-refractivity contribution >= 4 is 19.6 Å². The van der Waals surface area contributed by atoms with Gasteiger partial charge >= 0.3 is 5.97 Å². The number of aliphatic carboxylic acids is 1. The van der Waals surface area contributed by atoms with Gasteiger partial charge in [0.2, 0.25) is 7.85 Å². The average Bonchev–Trinajstić information content (AvgIpc) is 1.81. The molecule has 0 aromatic heterocycles. The molecule has 0 aliphatic rings. The summed E-state index contributed by atoms with van der Waals surface area (Å²) >= 11 is 0. The Morgan fingerprint density at radius 3 is 2.30 bits per heavy atom. The van der Waals surface area contributed by atoms with Gasteiger partial charge in [-0.05, 0) is 6.42 Å². The number of nitrogens with one attached hydrogen (secondary N) is 1. The standard InChI is InChI=1S/C5H10BNO3/c1-2-3(4(8)9)7-5(6)10/h3H,2,6H2,1H3,(H,7,10)(H,8,9)/t3-/m0/s1. The highest BCUT2D eigenvalue weighted by Gasteiger charge is 2.14. The zero-order chi connectivity index (χ0) is 8.15. The number of carbonyl (C=O) groups is 2. The first-order valence-corrected chi connectivity index (χ1v) is 3.07. The zero-order valence-corrected chi connectivity index (χ0v) is 6.05. The highest BCUT2D eigenvalue weighted by molar-refractivity contribution is 6.57. The van der Waals surface area contributed by atoms with Crippen LogP contribution in [0.2, 0.25) is 0 Å². The van der Waals surface area contributed by atoms with Gasteiger partial charge in [-0.15, -0.1) is 0 Å². The van der Waals surface area contributed by atoms with E-state index < -0.39 is 12.0 Å². The summed E-state index contributed by atoms with van der Waals surface area (Å²) in [6, 6.07) is -0.738. The van der Waals surface area contributed by atoms with Gasteiger partial charge in [-0.1, -0.05) is 6.92 Å². The molecule has 2 N–H and O–H groups in total. The second kappa shape index (κ2) is 3.92. The third-order valence-corrected chi connectivity index (χ3v) is 1.08. The molecule has 0 unspecified atom stereocenters. The highest BCUT2D eigenvalue weighted by Crippen LogP contribution is 1.89. The third-order valence-electron chi connectivity index (χ3n) is 1.08. The Kier molecular flexibility index (Phi) is 3.53. The van der Waals surface area contributed by atoms with E-state index in [1.165, 1.54) is 7.85 Å². The largest absolute Gasteiger partial charge is 0.480 e. The van der Waals surface area contributed by atoms with Crippen molar-refractivity contribution in [3.63, 3.8) is 0 Å². The summed E-state index contributed by atoms with van der Waals surface area (Å²) in [5.41, 5.74) is 0. The molecule has 0 aliphatic carbocycles. The van der Waals surface area contributed by atoms with Gasteiger partial charge < -0.3 is 10.4 Å². The second-order valence-electron chi connectivity index (χ2n) is 2.00. The maximum absolute atomic E-state index is 10.3. The normalized spacial score (nSPS) is 12.1. The van der Waals surface area contributed by atoms with Crippen molar-refractivity contribution in [1.82, 2.24) is 5.32 Å². The molecular weight excluding hydrogens is 133 g/mol. The minimum atomic E-state index is -0.988. The van der Waals surface area contributed by atoms with Crippen molar-refractivity contribution in [1.29, 1.82) is 0 Å². The van der Waals surface area contributed by atoms with Crippen LogP contribution in [-0.4, -0.2) is 30.8 Å². The van der Waals surface area contributed by atoms with Crippen molar-refractivity contribution in [2.45, 2.75) is 19.4 Å². The fourth-order valence-electron chi connectivity index (χ4n) is 0.584. The number of carboxylic acids is 1. The molecule has 0 saturated heterocycles. The second-order valence-corrected chi connectivity index (χ2v) is 2.00. The summed E-state index contributed by atoms with van der Waals surface area (Å²) in [4.78, 5) is 20.6. The van der Waals surface area contributed by atoms with Gasteiger partial charge in [-0.2, -0.15) is 0 Å². The Morgan fingerprint density at radius 1 is 1.70 bits per heavy atom. The quantitative estimate of drug-likeness (QED) is 0.507. The lowest BCUT2D eigenvalue weighted by Crippen LogP contribution is -2.39. The fourth-order valence-corrected chi connectivity index (χ4v) is 0.584. The van der Waals surface area contributed by atoms with Crippen LogP contribution in [0.1, 0.15) is 13.3 Å². The van der Waals surface area contributed by atoms with E-state index in [4.69, 9.17) is 5.11 Å². The van der Waals surface area contributed by atoms with Crippen LogP contribution in [0.15, 0.2) is 0 Å². The van der Waals surface area contributed by atoms with Crippen LogP contribution in [0.3, 0.4) is 0 Å². The van der Waals surface area contributed by atoms with E-state index in [-0.39, 0.29) is 5.81 Å². The Morgan fingerprint density at radius 2 is 2.20 bits per heavy atom. The smallest absolute Gasteiger partial charge is 0.326 e. The SMILES string of the molecule is BC(=O)N[C@@H](CC)C(=O)O. The minimum Gasteiger partial charge on any atom is -0.480 e. The summed E-state index contributed by atoms with van der Waals surface area (Å²) in [5.74, 6) is -1.30. The van der Waals surface area contributed by atoms with Gasteiger partial charge in [0.25, 0.3) is 0 Å². The Labute approximate surface area is 60.0 Å². The summed E-state index contributed by atoms with van der Waals surface area (Å²) in [5, 5.41) is 10.7. The Bertz CT molecular complexity index is 148. The molecule has 0 heterocycles. The molecule has 0 rings (SSSR count). The lowest BCUT2D eigenvalue weighted by atomic mass is 10.1. The van der Waals surface area contributed by atoms with Crippen LogP contribution in [0.4, 0.5) is 4.79 Å². The van der Waals surface area contributed by atoms with E-state index in [9.17, 15) is 9.59 Å². The van der Waals surface area contributed by atoms with Crippen LogP contribution in [0.25, 0.3) is 0 Å². The Hall–Kier alpha value is -0.995. The molecule has 10 heavy (non-hydrogen) atoms. The van der Waals surface area contributed by atoms with E-state index in [1.54, 1.807) is 6.92 Å². The molecule has 56 valence electrons. The highest BCUT2D eigenvalue weighted by atomic mass is 16.4. The van der Waals surface area contributed by atoms with Gasteiger partial charge in [0, 0.05) is 0 Å². The van der Waals surface area contributed by atoms with Gasteiger partial charge in [0.1, 0.15) is 6.04 Å². The number of carbonyl (C=O) groups excluding carboxylic acids is 1. The molecule has 0 spiro atoms. The van der Waals surface area contributed by atoms with E-state index in [1.807, 2.05) is 0 Å². The molecule has 0 fully saturated rings. The van der Waals surface area contributed by atoms with Gasteiger partial charge in [0.15, 0.2) is 5.81 Å². The van der Waals surface area contributed by atoms with E-state index in [0.29, 0.717) is 6.42 Å². The zero-order valence-electron chi connectivity index (χ0n) is 6.05. The van der Waals surface area contributed by atoms with Crippen molar-refractivity contribution in [3.8, 4) is 0 Å². The molecule has 4 nitrogen and oxygen atoms in total. The van der Waals surface area contributed by atoms with Crippen molar-refractivity contribution in [3.05, 3.63) is 0 Å². The molecule has 0 saturated carbocycles. The lowest BCUT2D eigenvalue weighted by Gasteiger charge is -2.09. The van der Waals surface area contributed by atoms with Crippen molar-refractivity contribution in [2.24, 2.45) is 0 Å². The fraction of sp³-hybridized carbons (Fsp3) is 0.600. The van der Waals surface area contributed by atoms with Crippen molar-refractivity contribution < 1.29 is 14.7 Å². The molecule has 0 aromatic rings. The van der Waals surface area contributed by atoms with Gasteiger partial charge in [-0.25, -0.2) is 4.79 Å². The summed E-state index contributed by atoms with van der Waals surface area (Å²) in [6.07, 6.45) is 0.412. The van der Waals surface area contributed by atoms with E-state index >= 15 is 0 Å². The monoisotopic (exact) mass is 143 g/mol. The molecule has 0 bridgehead atoms. The predicted octanol–water partition coefficient (Wildman–Crippen LogP) is -0.808. The van der Waals surface area contributed by atoms with Gasteiger partial charge in [-0.3, -0.25) is 4.79 Å². The maximum atomic E-state index is 10.3. The first-order valence-electron chi connectivity index (χ1n) is 3.07. The van der Waals surface area contributed by atoms with E-state index in [2.05, 4.69) is 5.32 Å². The van der Waals surface area contributed by atoms with Crippen LogP contribution < -0.4 is 5.32 Å². The summed E-state index contributed by atoms with van der Waals surface area (Å²) in [7, 11) is 1.30. The predicted molar refractivity (Wildman–Crippen MR) is 38.8 cm³/mol. The summed E-state index contributed by atoms with van der Waals surface area (Å²) < 4.78 is 0. The van der Waals surface area contributed by atoms with Crippen LogP contribution in [0, 0.1) is 0 Å². The third kappa shape index (κ3) is 3.12. The molecule has 1 amide bonds. The number of hydrogen-bond acceptors (Lipinski definition) is 2. The number of amides is 1. The Balaban J connectivity index is 3.83. The van der Waals surface area contributed by atoms with Crippen molar-refractivity contribution in [2.75, 3.05) is 0 Å². The van der Waals surface area contributed by atoms with Gasteiger partial charge in [0.05, 0.1) is 0 Å². The first-order chi connectivity index (χ1) is 4.57.